The fourth-order valence-corrected chi connectivity index (χ4v) is 5.16. The van der Waals surface area contributed by atoms with Gasteiger partial charge in [-0.3, -0.25) is 0 Å². The van der Waals surface area contributed by atoms with Crippen LogP contribution in [-0.4, -0.2) is 71.9 Å². The second-order valence-corrected chi connectivity index (χ2v) is 10.8. The molecule has 1 aliphatic rings. The number of esters is 1. The van der Waals surface area contributed by atoms with Gasteiger partial charge in [0, 0.05) is 35.3 Å². The predicted octanol–water partition coefficient (Wildman–Crippen LogP) is 3.78. The summed E-state index contributed by atoms with van der Waals surface area (Å²) in [7, 11) is 2.90. The highest BCUT2D eigenvalue weighted by molar-refractivity contribution is 7.21. The van der Waals surface area contributed by atoms with E-state index < -0.39 is 17.1 Å². The highest BCUT2D eigenvalue weighted by Crippen LogP contribution is 2.40. The molecule has 3 aromatic rings. The molecule has 0 radical (unpaired) electrons. The SMILES string of the molecule is COC(=O)c1sc2ccc3nc(OC)cnc3c2c1NCC1(N)CCN(C(=O)OC(C)(C)C)CC1. The highest BCUT2D eigenvalue weighted by atomic mass is 32.1. The van der Waals surface area contributed by atoms with Gasteiger partial charge in [-0.25, -0.2) is 19.6 Å². The summed E-state index contributed by atoms with van der Waals surface area (Å²) in [6.07, 6.45) is 2.40. The van der Waals surface area contributed by atoms with E-state index in [1.54, 1.807) is 11.1 Å². The Kier molecular flexibility index (Phi) is 6.74. The Morgan fingerprint density at radius 1 is 1.23 bits per heavy atom. The zero-order chi connectivity index (χ0) is 25.4. The second-order valence-electron chi connectivity index (χ2n) is 9.70. The van der Waals surface area contributed by atoms with Crippen molar-refractivity contribution in [1.29, 1.82) is 0 Å². The first-order chi connectivity index (χ1) is 16.5. The van der Waals surface area contributed by atoms with E-state index in [-0.39, 0.29) is 6.09 Å². The Balaban J connectivity index is 1.59. The number of carbonyl (C=O) groups excluding carboxylic acids is 2. The number of thiophene rings is 1. The molecule has 3 heterocycles. The lowest BCUT2D eigenvalue weighted by atomic mass is 9.88. The number of benzene rings is 1. The molecule has 2 aromatic heterocycles. The number of nitrogens with one attached hydrogen (secondary N) is 1. The van der Waals surface area contributed by atoms with Crippen molar-refractivity contribution >= 4 is 50.2 Å². The number of anilines is 1. The van der Waals surface area contributed by atoms with Crippen molar-refractivity contribution in [3.63, 3.8) is 0 Å². The number of aromatic nitrogens is 2. The van der Waals surface area contributed by atoms with Crippen LogP contribution in [0.25, 0.3) is 21.1 Å². The van der Waals surface area contributed by atoms with Crippen molar-refractivity contribution in [2.75, 3.05) is 39.2 Å². The molecule has 1 fully saturated rings. The summed E-state index contributed by atoms with van der Waals surface area (Å²) >= 11 is 1.33. The number of ether oxygens (including phenoxy) is 3. The van der Waals surface area contributed by atoms with Gasteiger partial charge in [-0.05, 0) is 45.7 Å². The molecule has 0 bridgehead atoms. The molecule has 11 heteroatoms. The van der Waals surface area contributed by atoms with Crippen LogP contribution in [-0.2, 0) is 9.47 Å². The van der Waals surface area contributed by atoms with E-state index in [4.69, 9.17) is 19.9 Å². The summed E-state index contributed by atoms with van der Waals surface area (Å²) in [6.45, 7) is 6.94. The van der Waals surface area contributed by atoms with E-state index in [2.05, 4.69) is 15.3 Å². The van der Waals surface area contributed by atoms with Crippen LogP contribution < -0.4 is 15.8 Å². The third-order valence-corrected chi connectivity index (χ3v) is 7.09. The van der Waals surface area contributed by atoms with E-state index in [1.165, 1.54) is 25.6 Å². The number of hydrogen-bond donors (Lipinski definition) is 2. The third-order valence-electron chi connectivity index (χ3n) is 5.95. The van der Waals surface area contributed by atoms with Crippen LogP contribution in [0.1, 0.15) is 43.3 Å². The zero-order valence-electron chi connectivity index (χ0n) is 20.6. The topological polar surface area (TPSA) is 129 Å². The van der Waals surface area contributed by atoms with Crippen LogP contribution in [0.3, 0.4) is 0 Å². The molecular weight excluding hydrogens is 470 g/mol. The summed E-state index contributed by atoms with van der Waals surface area (Å²) in [5.74, 6) is -0.0263. The van der Waals surface area contributed by atoms with Crippen LogP contribution in [0, 0.1) is 0 Å². The number of rotatable bonds is 5. The van der Waals surface area contributed by atoms with Gasteiger partial charge in [-0.1, -0.05) is 0 Å². The first-order valence-corrected chi connectivity index (χ1v) is 12.2. The maximum absolute atomic E-state index is 12.6. The average molecular weight is 502 g/mol. The fourth-order valence-electron chi connectivity index (χ4n) is 4.06. The molecule has 0 aliphatic carbocycles. The molecule has 1 amide bonds. The number of methoxy groups -OCH3 is 2. The summed E-state index contributed by atoms with van der Waals surface area (Å²) in [6, 6.07) is 3.76. The quantitative estimate of drug-likeness (QED) is 0.502. The second kappa shape index (κ2) is 9.46. The molecule has 0 saturated carbocycles. The lowest BCUT2D eigenvalue weighted by Crippen LogP contribution is -2.55. The molecule has 0 spiro atoms. The van der Waals surface area contributed by atoms with E-state index in [9.17, 15) is 9.59 Å². The number of fused-ring (bicyclic) bond motifs is 3. The monoisotopic (exact) mass is 501 g/mol. The van der Waals surface area contributed by atoms with Crippen molar-refractivity contribution in [1.82, 2.24) is 14.9 Å². The van der Waals surface area contributed by atoms with Gasteiger partial charge in [0.05, 0.1) is 37.1 Å². The Bertz CT molecular complexity index is 1260. The standard InChI is InChI=1S/C24H31N5O5S/c1-23(2,3)34-22(31)29-10-8-24(25,9-11-29)13-27-19-17-15(35-20(19)21(30)33-5)7-6-14-18(17)26-12-16(28-14)32-4/h6-7,12,27H,8-11,13,25H2,1-5H3. The molecule has 1 saturated heterocycles. The molecule has 3 N–H and O–H groups in total. The van der Waals surface area contributed by atoms with Gasteiger partial charge in [0.1, 0.15) is 10.5 Å². The van der Waals surface area contributed by atoms with Gasteiger partial charge in [-0.15, -0.1) is 11.3 Å². The molecule has 0 unspecified atom stereocenters. The number of carbonyl (C=O) groups is 2. The van der Waals surface area contributed by atoms with E-state index in [0.717, 1.165) is 10.1 Å². The normalized spacial score (nSPS) is 15.8. The number of nitrogens with zero attached hydrogens (tertiary/aromatic N) is 3. The first-order valence-electron chi connectivity index (χ1n) is 11.4. The Morgan fingerprint density at radius 3 is 2.57 bits per heavy atom. The summed E-state index contributed by atoms with van der Waals surface area (Å²) in [4.78, 5) is 36.2. The molecule has 0 atom stereocenters. The minimum absolute atomic E-state index is 0.329. The molecule has 1 aliphatic heterocycles. The molecule has 188 valence electrons. The zero-order valence-corrected chi connectivity index (χ0v) is 21.5. The smallest absolute Gasteiger partial charge is 0.410 e. The van der Waals surface area contributed by atoms with Crippen molar-refractivity contribution in [2.45, 2.75) is 44.8 Å². The van der Waals surface area contributed by atoms with Crippen molar-refractivity contribution in [2.24, 2.45) is 5.73 Å². The van der Waals surface area contributed by atoms with Crippen LogP contribution in [0.4, 0.5) is 10.5 Å². The van der Waals surface area contributed by atoms with E-state index >= 15 is 0 Å². The lowest BCUT2D eigenvalue weighted by Gasteiger charge is -2.39. The summed E-state index contributed by atoms with van der Waals surface area (Å²) in [5.41, 5.74) is 7.54. The molecular formula is C24H31N5O5S. The Hall–Kier alpha value is -3.18. The van der Waals surface area contributed by atoms with Crippen LogP contribution in [0.5, 0.6) is 5.88 Å². The van der Waals surface area contributed by atoms with Gasteiger partial charge in [-0.2, -0.15) is 0 Å². The fraction of sp³-hybridized carbons (Fsp3) is 0.500. The Morgan fingerprint density at radius 2 is 1.94 bits per heavy atom. The maximum Gasteiger partial charge on any atom is 0.410 e. The summed E-state index contributed by atoms with van der Waals surface area (Å²) in [5, 5.41) is 4.21. The minimum atomic E-state index is -0.570. The minimum Gasteiger partial charge on any atom is -0.480 e. The third kappa shape index (κ3) is 5.25. The predicted molar refractivity (Wildman–Crippen MR) is 135 cm³/mol. The van der Waals surface area contributed by atoms with Gasteiger partial charge in [0.2, 0.25) is 5.88 Å². The summed E-state index contributed by atoms with van der Waals surface area (Å²) < 4.78 is 16.6. The molecule has 10 nitrogen and oxygen atoms in total. The van der Waals surface area contributed by atoms with E-state index in [1.807, 2.05) is 32.9 Å². The first kappa shape index (κ1) is 24.9. The largest absolute Gasteiger partial charge is 0.480 e. The highest BCUT2D eigenvalue weighted by Gasteiger charge is 2.35. The van der Waals surface area contributed by atoms with Gasteiger partial charge in [0.15, 0.2) is 0 Å². The molecule has 4 rings (SSSR count). The Labute approximate surface area is 207 Å². The number of nitrogens with two attached hydrogens (primary N) is 1. The molecule has 35 heavy (non-hydrogen) atoms. The van der Waals surface area contributed by atoms with Crippen LogP contribution >= 0.6 is 11.3 Å². The van der Waals surface area contributed by atoms with Gasteiger partial charge >= 0.3 is 12.1 Å². The maximum atomic E-state index is 12.6. The lowest BCUT2D eigenvalue weighted by molar-refractivity contribution is 0.0174. The number of hydrogen-bond acceptors (Lipinski definition) is 10. The van der Waals surface area contributed by atoms with Gasteiger partial charge < -0.3 is 30.2 Å². The average Bonchev–Trinajstić information content (AvgIpc) is 3.20. The van der Waals surface area contributed by atoms with Crippen molar-refractivity contribution < 1.29 is 23.8 Å². The van der Waals surface area contributed by atoms with E-state index in [0.29, 0.717) is 60.0 Å². The number of piperidine rings is 1. The van der Waals surface area contributed by atoms with Crippen molar-refractivity contribution in [3.05, 3.63) is 23.2 Å². The number of likely N-dealkylation sites (tertiary alicyclic amines) is 1. The van der Waals surface area contributed by atoms with Crippen LogP contribution in [0.2, 0.25) is 0 Å². The van der Waals surface area contributed by atoms with Gasteiger partial charge in [0.25, 0.3) is 0 Å². The molecule has 1 aromatic carbocycles. The van der Waals surface area contributed by atoms with Crippen LogP contribution in [0.15, 0.2) is 18.3 Å². The number of amides is 1. The van der Waals surface area contributed by atoms with Crippen molar-refractivity contribution in [3.8, 4) is 5.88 Å².